The zero-order valence-electron chi connectivity index (χ0n) is 18.5. The van der Waals surface area contributed by atoms with Crippen molar-refractivity contribution in [3.63, 3.8) is 0 Å². The van der Waals surface area contributed by atoms with E-state index in [2.05, 4.69) is 56.0 Å². The molecule has 30 heavy (non-hydrogen) atoms. The van der Waals surface area contributed by atoms with Gasteiger partial charge in [-0.1, -0.05) is 54.3 Å². The predicted molar refractivity (Wildman–Crippen MR) is 121 cm³/mol. The number of hydrogen-bond acceptors (Lipinski definition) is 2. The molecule has 0 heterocycles. The molecule has 2 N–H and O–H groups in total. The number of aliphatic hydroxyl groups excluding tert-OH is 1. The van der Waals surface area contributed by atoms with E-state index in [1.807, 2.05) is 6.92 Å². The summed E-state index contributed by atoms with van der Waals surface area (Å²) in [6, 6.07) is 9.04. The molecule has 2 heteroatoms. The maximum absolute atomic E-state index is 11.7. The first-order valence-corrected chi connectivity index (χ1v) is 11.7. The summed E-state index contributed by atoms with van der Waals surface area (Å²) in [5, 5.41) is 21.9. The molecule has 0 bridgehead atoms. The van der Waals surface area contributed by atoms with Crippen LogP contribution in [0.3, 0.4) is 0 Å². The normalized spacial score (nSPS) is 40.0. The highest BCUT2D eigenvalue weighted by atomic mass is 16.3. The molecule has 158 valence electrons. The molecule has 0 saturated heterocycles. The van der Waals surface area contributed by atoms with Crippen molar-refractivity contribution in [1.29, 1.82) is 0 Å². The molecule has 2 saturated carbocycles. The minimum absolute atomic E-state index is 0.185. The average Bonchev–Trinajstić information content (AvgIpc) is 2.98. The highest BCUT2D eigenvalue weighted by Crippen LogP contribution is 2.66. The summed E-state index contributed by atoms with van der Waals surface area (Å²) in [5.74, 6) is 7.62. The molecule has 0 spiro atoms. The van der Waals surface area contributed by atoms with Gasteiger partial charge in [0.2, 0.25) is 0 Å². The lowest BCUT2D eigenvalue weighted by Crippen LogP contribution is -2.51. The second-order valence-electron chi connectivity index (χ2n) is 10.3. The molecular weight excluding hydrogens is 368 g/mol. The standard InChI is InChI=1S/C28H34O2/c1-4-14-28(30)15-13-25-23-11-9-20-16-21(29)10-12-22(20)26(23)24(17-27(25,28)3)19-7-5-18(2)6-8-19/h5-8,16,21,23-25,29-30H,9-13,15,17H2,1-3H3/t21?,23-,24+,25-,27-,28-/m0/s1. The third-order valence-electron chi connectivity index (χ3n) is 8.83. The zero-order chi connectivity index (χ0) is 21.1. The zero-order valence-corrected chi connectivity index (χ0v) is 18.5. The van der Waals surface area contributed by atoms with Crippen LogP contribution in [-0.2, 0) is 0 Å². The van der Waals surface area contributed by atoms with Gasteiger partial charge in [0.15, 0.2) is 0 Å². The van der Waals surface area contributed by atoms with Crippen LogP contribution >= 0.6 is 0 Å². The Kier molecular flexibility index (Phi) is 4.77. The first-order valence-electron chi connectivity index (χ1n) is 11.7. The van der Waals surface area contributed by atoms with E-state index in [0.717, 1.165) is 44.9 Å². The second kappa shape index (κ2) is 7.11. The van der Waals surface area contributed by atoms with Crippen LogP contribution in [0.2, 0.25) is 0 Å². The maximum Gasteiger partial charge on any atom is 0.131 e. The third kappa shape index (κ3) is 2.86. The van der Waals surface area contributed by atoms with Crippen LogP contribution in [0.15, 0.2) is 47.1 Å². The molecule has 1 unspecified atom stereocenters. The summed E-state index contributed by atoms with van der Waals surface area (Å²) in [7, 11) is 0. The fraction of sp³-hybridized carbons (Fsp3) is 0.571. The first-order chi connectivity index (χ1) is 14.4. The average molecular weight is 403 g/mol. The summed E-state index contributed by atoms with van der Waals surface area (Å²) in [6.45, 7) is 6.31. The number of benzene rings is 1. The van der Waals surface area contributed by atoms with Crippen molar-refractivity contribution < 1.29 is 10.2 Å². The van der Waals surface area contributed by atoms with Crippen molar-refractivity contribution in [2.24, 2.45) is 17.3 Å². The monoisotopic (exact) mass is 402 g/mol. The van der Waals surface area contributed by atoms with E-state index in [1.54, 1.807) is 5.57 Å². The maximum atomic E-state index is 11.7. The van der Waals surface area contributed by atoms with Gasteiger partial charge in [-0.3, -0.25) is 0 Å². The lowest BCUT2D eigenvalue weighted by molar-refractivity contribution is -0.0514. The van der Waals surface area contributed by atoms with Gasteiger partial charge in [-0.15, -0.1) is 5.92 Å². The van der Waals surface area contributed by atoms with Gasteiger partial charge in [0.1, 0.15) is 5.60 Å². The molecule has 4 aliphatic carbocycles. The van der Waals surface area contributed by atoms with Gasteiger partial charge in [0, 0.05) is 11.3 Å². The quantitative estimate of drug-likeness (QED) is 0.614. The number of allylic oxidation sites excluding steroid dienone is 3. The van der Waals surface area contributed by atoms with E-state index in [1.165, 1.54) is 22.3 Å². The second-order valence-corrected chi connectivity index (χ2v) is 10.3. The molecule has 1 aromatic rings. The van der Waals surface area contributed by atoms with Crippen molar-refractivity contribution in [3.05, 3.63) is 58.2 Å². The van der Waals surface area contributed by atoms with Crippen molar-refractivity contribution in [2.45, 2.75) is 83.3 Å². The summed E-state index contributed by atoms with van der Waals surface area (Å²) < 4.78 is 0. The first kappa shape index (κ1) is 20.1. The van der Waals surface area contributed by atoms with Gasteiger partial charge < -0.3 is 10.2 Å². The molecule has 0 aliphatic heterocycles. The van der Waals surface area contributed by atoms with Crippen molar-refractivity contribution in [1.82, 2.24) is 0 Å². The fourth-order valence-corrected chi connectivity index (χ4v) is 7.29. The Morgan fingerprint density at radius 3 is 2.57 bits per heavy atom. The topological polar surface area (TPSA) is 40.5 Å². The van der Waals surface area contributed by atoms with Gasteiger partial charge in [-0.25, -0.2) is 0 Å². The Hall–Kier alpha value is -1.82. The Labute approximate surface area is 181 Å². The van der Waals surface area contributed by atoms with Crippen LogP contribution in [0, 0.1) is 36.0 Å². The van der Waals surface area contributed by atoms with Crippen LogP contribution in [0.4, 0.5) is 0 Å². The Morgan fingerprint density at radius 2 is 1.83 bits per heavy atom. The predicted octanol–water partition coefficient (Wildman–Crippen LogP) is 5.44. The number of fused-ring (bicyclic) bond motifs is 4. The van der Waals surface area contributed by atoms with E-state index >= 15 is 0 Å². The van der Waals surface area contributed by atoms with E-state index in [9.17, 15) is 10.2 Å². The van der Waals surface area contributed by atoms with E-state index in [0.29, 0.717) is 17.8 Å². The smallest absolute Gasteiger partial charge is 0.131 e. The molecule has 0 radical (unpaired) electrons. The Bertz CT molecular complexity index is 972. The molecule has 2 fully saturated rings. The van der Waals surface area contributed by atoms with Crippen LogP contribution in [-0.4, -0.2) is 21.9 Å². The number of aliphatic hydroxyl groups is 2. The van der Waals surface area contributed by atoms with Crippen LogP contribution < -0.4 is 0 Å². The van der Waals surface area contributed by atoms with Crippen LogP contribution in [0.1, 0.15) is 75.8 Å². The third-order valence-corrected chi connectivity index (χ3v) is 8.83. The van der Waals surface area contributed by atoms with Gasteiger partial charge in [0.05, 0.1) is 6.10 Å². The SMILES string of the molecule is CC#C[C@]1(O)CC[C@H]2[C@@H]3CCC4=CC(O)CCC4=C3[C@@H](c3ccc(C)cc3)C[C@@]21C. The molecule has 0 aromatic heterocycles. The van der Waals surface area contributed by atoms with Gasteiger partial charge in [0.25, 0.3) is 0 Å². The molecule has 4 aliphatic rings. The van der Waals surface area contributed by atoms with Gasteiger partial charge in [-0.05, 0) is 87.3 Å². The fourth-order valence-electron chi connectivity index (χ4n) is 7.29. The largest absolute Gasteiger partial charge is 0.389 e. The summed E-state index contributed by atoms with van der Waals surface area (Å²) in [4.78, 5) is 0. The van der Waals surface area contributed by atoms with E-state index < -0.39 is 5.60 Å². The molecule has 6 atom stereocenters. The van der Waals surface area contributed by atoms with Crippen molar-refractivity contribution in [3.8, 4) is 11.8 Å². The number of rotatable bonds is 1. The highest BCUT2D eigenvalue weighted by Gasteiger charge is 2.62. The lowest BCUT2D eigenvalue weighted by Gasteiger charge is -2.54. The minimum Gasteiger partial charge on any atom is -0.389 e. The Morgan fingerprint density at radius 1 is 1.07 bits per heavy atom. The summed E-state index contributed by atoms with van der Waals surface area (Å²) in [6.07, 6.45) is 8.66. The highest BCUT2D eigenvalue weighted by molar-refractivity contribution is 5.49. The minimum atomic E-state index is -0.884. The van der Waals surface area contributed by atoms with Gasteiger partial charge >= 0.3 is 0 Å². The lowest BCUT2D eigenvalue weighted by atomic mass is 9.51. The molecule has 1 aromatic carbocycles. The van der Waals surface area contributed by atoms with E-state index in [-0.39, 0.29) is 11.5 Å². The van der Waals surface area contributed by atoms with Crippen molar-refractivity contribution >= 4 is 0 Å². The molecule has 2 nitrogen and oxygen atoms in total. The summed E-state index contributed by atoms with van der Waals surface area (Å²) >= 11 is 0. The molecule has 5 rings (SSSR count). The van der Waals surface area contributed by atoms with E-state index in [4.69, 9.17) is 0 Å². The Balaban J connectivity index is 1.69. The molecular formula is C28H34O2. The van der Waals surface area contributed by atoms with Gasteiger partial charge in [-0.2, -0.15) is 0 Å². The molecule has 0 amide bonds. The number of aryl methyl sites for hydroxylation is 1. The van der Waals surface area contributed by atoms with Crippen molar-refractivity contribution in [2.75, 3.05) is 0 Å². The summed E-state index contributed by atoms with van der Waals surface area (Å²) in [5.41, 5.74) is 6.13. The van der Waals surface area contributed by atoms with Crippen LogP contribution in [0.5, 0.6) is 0 Å². The number of hydrogen-bond donors (Lipinski definition) is 2. The van der Waals surface area contributed by atoms with Crippen LogP contribution in [0.25, 0.3) is 0 Å².